The first-order valence-electron chi connectivity index (χ1n) is 7.84. The number of fused-ring (bicyclic) bond motifs is 5. The van der Waals surface area contributed by atoms with Crippen molar-refractivity contribution in [2.24, 2.45) is 0 Å². The summed E-state index contributed by atoms with van der Waals surface area (Å²) in [5, 5.41) is 19.7. The Morgan fingerprint density at radius 2 is 1.70 bits per heavy atom. The molecule has 0 bridgehead atoms. The van der Waals surface area contributed by atoms with Crippen LogP contribution in [0.3, 0.4) is 0 Å². The second kappa shape index (κ2) is 6.92. The molecule has 0 aliphatic heterocycles. The van der Waals surface area contributed by atoms with E-state index in [1.165, 1.54) is 26.4 Å². The molecule has 0 amide bonds. The van der Waals surface area contributed by atoms with Crippen LogP contribution in [0.15, 0.2) is 30.3 Å². The topological polar surface area (TPSA) is 98.0 Å². The molecule has 2 aromatic carbocycles. The Hall–Kier alpha value is -2.48. The standard InChI is InChI=1S/C19H15NO6.Na.H/c1-25-14-6-10-11(7-15(14)26-2)19(24)17-12-5-9(21)3-4-13(12)20(18(10)17)8-16(22)23;;/h3-7,21H,8H2,1-2H3,(H,22,23);;. The second-order valence-corrected chi connectivity index (χ2v) is 5.99. The number of benzene rings is 2. The molecule has 0 radical (unpaired) electrons. The molecule has 0 saturated carbocycles. The van der Waals surface area contributed by atoms with Gasteiger partial charge in [0.05, 0.1) is 31.0 Å². The third-order valence-corrected chi connectivity index (χ3v) is 4.59. The first-order chi connectivity index (χ1) is 12.5. The molecule has 0 atom stereocenters. The van der Waals surface area contributed by atoms with Gasteiger partial charge in [-0.15, -0.1) is 0 Å². The zero-order valence-corrected chi connectivity index (χ0v) is 14.1. The van der Waals surface area contributed by atoms with Gasteiger partial charge in [-0.3, -0.25) is 9.59 Å². The van der Waals surface area contributed by atoms with Crippen LogP contribution >= 0.6 is 0 Å². The zero-order valence-electron chi connectivity index (χ0n) is 14.1. The van der Waals surface area contributed by atoms with Crippen molar-refractivity contribution in [3.8, 4) is 28.5 Å². The van der Waals surface area contributed by atoms with Crippen molar-refractivity contribution < 1.29 is 29.3 Å². The van der Waals surface area contributed by atoms with Crippen LogP contribution in [0.25, 0.3) is 22.2 Å². The van der Waals surface area contributed by atoms with Gasteiger partial charge in [0, 0.05) is 16.5 Å². The number of ketones is 1. The molecule has 3 aromatic rings. The average molecular weight is 377 g/mol. The van der Waals surface area contributed by atoms with Gasteiger partial charge in [-0.25, -0.2) is 0 Å². The van der Waals surface area contributed by atoms with Gasteiger partial charge in [0.1, 0.15) is 12.3 Å². The zero-order chi connectivity index (χ0) is 18.6. The predicted octanol–water partition coefficient (Wildman–Crippen LogP) is 2.01. The summed E-state index contributed by atoms with van der Waals surface area (Å²) in [4.78, 5) is 24.4. The fourth-order valence-corrected chi connectivity index (χ4v) is 3.55. The van der Waals surface area contributed by atoms with Gasteiger partial charge in [0.15, 0.2) is 17.3 Å². The molecule has 8 heteroatoms. The Kier molecular flexibility index (Phi) is 4.94. The number of hydrogen-bond acceptors (Lipinski definition) is 5. The first-order valence-corrected chi connectivity index (χ1v) is 7.84. The molecule has 7 nitrogen and oxygen atoms in total. The number of carbonyl (C=O) groups is 2. The van der Waals surface area contributed by atoms with E-state index >= 15 is 0 Å². The Morgan fingerprint density at radius 3 is 2.30 bits per heavy atom. The van der Waals surface area contributed by atoms with Crippen molar-refractivity contribution in [1.29, 1.82) is 0 Å². The van der Waals surface area contributed by atoms with Crippen LogP contribution in [0.5, 0.6) is 17.2 Å². The van der Waals surface area contributed by atoms with Gasteiger partial charge in [-0.2, -0.15) is 0 Å². The molecule has 0 spiro atoms. The van der Waals surface area contributed by atoms with Gasteiger partial charge in [-0.05, 0) is 30.3 Å². The number of nitrogens with zero attached hydrogens (tertiary/aromatic N) is 1. The van der Waals surface area contributed by atoms with E-state index in [0.29, 0.717) is 44.8 Å². The summed E-state index contributed by atoms with van der Waals surface area (Å²) < 4.78 is 12.2. The van der Waals surface area contributed by atoms with E-state index in [1.807, 2.05) is 0 Å². The quantitative estimate of drug-likeness (QED) is 0.528. The number of hydrogen-bond donors (Lipinski definition) is 2. The Morgan fingerprint density at radius 1 is 1.07 bits per heavy atom. The summed E-state index contributed by atoms with van der Waals surface area (Å²) >= 11 is 0. The van der Waals surface area contributed by atoms with Crippen molar-refractivity contribution in [2.45, 2.75) is 6.54 Å². The van der Waals surface area contributed by atoms with Gasteiger partial charge in [0.25, 0.3) is 0 Å². The Labute approximate surface area is 176 Å². The number of methoxy groups -OCH3 is 2. The van der Waals surface area contributed by atoms with Crippen molar-refractivity contribution in [2.75, 3.05) is 14.2 Å². The molecule has 1 heterocycles. The molecule has 27 heavy (non-hydrogen) atoms. The number of carbonyl (C=O) groups excluding carboxylic acids is 1. The van der Waals surface area contributed by atoms with Gasteiger partial charge < -0.3 is 24.3 Å². The molecule has 1 aliphatic carbocycles. The summed E-state index contributed by atoms with van der Waals surface area (Å²) in [6.07, 6.45) is 0. The number of ether oxygens (including phenoxy) is 2. The van der Waals surface area contributed by atoms with Gasteiger partial charge >= 0.3 is 35.5 Å². The van der Waals surface area contributed by atoms with Crippen LogP contribution in [0, 0.1) is 0 Å². The van der Waals surface area contributed by atoms with Crippen LogP contribution in [0.1, 0.15) is 15.9 Å². The summed E-state index contributed by atoms with van der Waals surface area (Å²) in [6, 6.07) is 7.82. The molecular formula is C19H16NNaO6. The molecule has 0 saturated heterocycles. The number of rotatable bonds is 4. The third-order valence-electron chi connectivity index (χ3n) is 4.59. The first kappa shape index (κ1) is 19.3. The number of phenols is 1. The maximum atomic E-state index is 13.0. The summed E-state index contributed by atoms with van der Waals surface area (Å²) in [6.45, 7) is -0.308. The molecule has 0 fully saturated rings. The number of aromatic hydroxyl groups is 1. The van der Waals surface area contributed by atoms with E-state index in [0.717, 1.165) is 0 Å². The molecule has 1 aliphatic rings. The van der Waals surface area contributed by atoms with E-state index < -0.39 is 5.97 Å². The minimum absolute atomic E-state index is 0. The molecule has 2 N–H and O–H groups in total. The third kappa shape index (κ3) is 2.79. The molecule has 0 unspecified atom stereocenters. The number of aliphatic carboxylic acids is 1. The minimum atomic E-state index is -1.03. The number of phenolic OH excluding ortho intramolecular Hbond substituents is 1. The summed E-state index contributed by atoms with van der Waals surface area (Å²) in [5.41, 5.74) is 2.46. The number of aromatic nitrogens is 1. The van der Waals surface area contributed by atoms with Crippen LogP contribution in [-0.4, -0.2) is 70.3 Å². The molecule has 1 aromatic heterocycles. The number of carboxylic acids is 1. The van der Waals surface area contributed by atoms with Crippen LogP contribution in [-0.2, 0) is 11.3 Å². The normalized spacial score (nSPS) is 11.7. The predicted molar refractivity (Wildman–Crippen MR) is 100 cm³/mol. The van der Waals surface area contributed by atoms with E-state index in [1.54, 1.807) is 22.8 Å². The van der Waals surface area contributed by atoms with Crippen molar-refractivity contribution >= 4 is 52.2 Å². The van der Waals surface area contributed by atoms with Crippen LogP contribution < -0.4 is 9.47 Å². The maximum absolute atomic E-state index is 13.0. The number of carboxylic acid groups (broad SMARTS) is 1. The molecule has 4 rings (SSSR count). The van der Waals surface area contributed by atoms with Crippen molar-refractivity contribution in [3.05, 3.63) is 41.5 Å². The van der Waals surface area contributed by atoms with Crippen molar-refractivity contribution in [1.82, 2.24) is 4.57 Å². The summed E-state index contributed by atoms with van der Waals surface area (Å²) in [5.74, 6) is -0.398. The van der Waals surface area contributed by atoms with Crippen LogP contribution in [0.2, 0.25) is 0 Å². The van der Waals surface area contributed by atoms with E-state index in [2.05, 4.69) is 0 Å². The fraction of sp³-hybridized carbons (Fsp3) is 0.158. The Balaban J connectivity index is 0.00000210. The second-order valence-electron chi connectivity index (χ2n) is 5.99. The fourth-order valence-electron chi connectivity index (χ4n) is 3.55. The summed E-state index contributed by atoms with van der Waals surface area (Å²) in [7, 11) is 2.97. The Bertz CT molecular complexity index is 1100. The van der Waals surface area contributed by atoms with E-state index in [4.69, 9.17) is 9.47 Å². The van der Waals surface area contributed by atoms with E-state index in [9.17, 15) is 19.8 Å². The molecular weight excluding hydrogens is 361 g/mol. The van der Waals surface area contributed by atoms with Gasteiger partial charge in [-0.1, -0.05) is 0 Å². The SMILES string of the molecule is COc1cc2c(cc1OC)-c1c(c3cc(O)ccc3n1CC(=O)O)C2=O.[NaH]. The monoisotopic (exact) mass is 377 g/mol. The van der Waals surface area contributed by atoms with Gasteiger partial charge in [0.2, 0.25) is 0 Å². The molecule has 134 valence electrons. The van der Waals surface area contributed by atoms with Crippen LogP contribution in [0.4, 0.5) is 0 Å². The average Bonchev–Trinajstić information content (AvgIpc) is 3.07. The van der Waals surface area contributed by atoms with E-state index in [-0.39, 0.29) is 47.6 Å². The van der Waals surface area contributed by atoms with Crippen molar-refractivity contribution in [3.63, 3.8) is 0 Å².